The van der Waals surface area contributed by atoms with Crippen LogP contribution in [0.15, 0.2) is 18.2 Å². The van der Waals surface area contributed by atoms with E-state index in [-0.39, 0.29) is 29.7 Å². The summed E-state index contributed by atoms with van der Waals surface area (Å²) in [5, 5.41) is 13.5. The number of amides is 2. The van der Waals surface area contributed by atoms with E-state index in [1.165, 1.54) is 18.2 Å². The van der Waals surface area contributed by atoms with Crippen LogP contribution in [-0.2, 0) is 4.79 Å². The van der Waals surface area contributed by atoms with Crippen molar-refractivity contribution in [1.29, 1.82) is 0 Å². The minimum Gasteiger partial charge on any atom is -0.395 e. The highest BCUT2D eigenvalue weighted by Crippen LogP contribution is 2.17. The van der Waals surface area contributed by atoms with Crippen molar-refractivity contribution < 1.29 is 19.1 Å². The molecule has 0 spiro atoms. The zero-order valence-electron chi connectivity index (χ0n) is 11.0. The van der Waals surface area contributed by atoms with E-state index in [2.05, 4.69) is 22.5 Å². The van der Waals surface area contributed by atoms with E-state index in [4.69, 9.17) is 5.11 Å². The van der Waals surface area contributed by atoms with Crippen molar-refractivity contribution in [2.45, 2.75) is 12.5 Å². The number of carbonyl (C=O) groups excluding carboxylic acids is 2. The summed E-state index contributed by atoms with van der Waals surface area (Å²) in [6.07, 6.45) is 0.251. The van der Waals surface area contributed by atoms with Gasteiger partial charge in [0, 0.05) is 17.9 Å². The van der Waals surface area contributed by atoms with Crippen LogP contribution in [0.25, 0.3) is 0 Å². The summed E-state index contributed by atoms with van der Waals surface area (Å²) < 4.78 is 13.5. The average Bonchev–Trinajstić information content (AvgIpc) is 2.89. The van der Waals surface area contributed by atoms with Crippen LogP contribution in [0.2, 0.25) is 0 Å². The second-order valence-corrected chi connectivity index (χ2v) is 5.25. The molecule has 0 aromatic heterocycles. The lowest BCUT2D eigenvalue weighted by Crippen LogP contribution is -2.38. The minimum atomic E-state index is -0.587. The number of benzene rings is 1. The van der Waals surface area contributed by atoms with Gasteiger partial charge in [-0.15, -0.1) is 0 Å². The van der Waals surface area contributed by atoms with E-state index in [1.54, 1.807) is 0 Å². The Morgan fingerprint density at radius 3 is 3.05 bits per heavy atom. The first-order valence-electron chi connectivity index (χ1n) is 6.23. The second kappa shape index (κ2) is 7.11. The molecule has 1 atom stereocenters. The molecule has 3 N–H and O–H groups in total. The summed E-state index contributed by atoms with van der Waals surface area (Å²) in [7, 11) is 0. The van der Waals surface area contributed by atoms with Gasteiger partial charge < -0.3 is 15.7 Å². The van der Waals surface area contributed by atoms with Gasteiger partial charge in [0.15, 0.2) is 0 Å². The molecule has 0 radical (unpaired) electrons. The molecular weight excluding hydrogens is 295 g/mol. The quantitative estimate of drug-likeness (QED) is 0.736. The Hall–Kier alpha value is -2.04. The first-order chi connectivity index (χ1) is 10.1. The number of aliphatic hydroxyl groups is 1. The predicted octanol–water partition coefficient (Wildman–Crippen LogP) is 1.32. The molecule has 0 saturated carbocycles. The Morgan fingerprint density at radius 1 is 1.57 bits per heavy atom. The number of carbonyl (C=O) groups is 2. The lowest BCUT2D eigenvalue weighted by Gasteiger charge is -2.10. The smallest absolute Gasteiger partial charge is 0.279 e. The lowest BCUT2D eigenvalue weighted by atomic mass is 10.1. The maximum Gasteiger partial charge on any atom is 0.279 e. The summed E-state index contributed by atoms with van der Waals surface area (Å²) in [4.78, 5) is 23.0. The highest BCUT2D eigenvalue weighted by Gasteiger charge is 2.27. The van der Waals surface area contributed by atoms with Crippen molar-refractivity contribution in [2.24, 2.45) is 0 Å². The van der Waals surface area contributed by atoms with E-state index in [0.717, 1.165) is 11.8 Å². The van der Waals surface area contributed by atoms with Crippen LogP contribution in [0.4, 0.5) is 14.9 Å². The molecule has 110 valence electrons. The number of aliphatic hydroxyl groups excluding tert-OH is 1. The molecule has 1 aromatic carbocycles. The standard InChI is InChI=1S/C14H13FN2O3S/c15-11-5-4-10(7-9(11)3-1-2-6-18)16-13(19)12-8-21-14(20)17-12/h4-5,7,12,18H,2,6,8H2,(H,16,19)(H,17,20). The van der Waals surface area contributed by atoms with Crippen molar-refractivity contribution >= 4 is 28.6 Å². The molecule has 0 bridgehead atoms. The van der Waals surface area contributed by atoms with Crippen LogP contribution in [0.5, 0.6) is 0 Å². The van der Waals surface area contributed by atoms with Crippen LogP contribution >= 0.6 is 11.8 Å². The van der Waals surface area contributed by atoms with Gasteiger partial charge in [0.25, 0.3) is 5.24 Å². The van der Waals surface area contributed by atoms with Gasteiger partial charge in [0.05, 0.1) is 12.2 Å². The van der Waals surface area contributed by atoms with E-state index in [0.29, 0.717) is 11.4 Å². The number of anilines is 1. The summed E-state index contributed by atoms with van der Waals surface area (Å²) in [5.41, 5.74) is 0.548. The van der Waals surface area contributed by atoms with Gasteiger partial charge in [0.2, 0.25) is 5.91 Å². The monoisotopic (exact) mass is 308 g/mol. The molecule has 21 heavy (non-hydrogen) atoms. The average molecular weight is 308 g/mol. The highest BCUT2D eigenvalue weighted by molar-refractivity contribution is 8.14. The predicted molar refractivity (Wildman–Crippen MR) is 78.4 cm³/mol. The zero-order chi connectivity index (χ0) is 15.2. The zero-order valence-corrected chi connectivity index (χ0v) is 11.8. The highest BCUT2D eigenvalue weighted by atomic mass is 32.2. The lowest BCUT2D eigenvalue weighted by molar-refractivity contribution is -0.117. The number of thioether (sulfide) groups is 1. The van der Waals surface area contributed by atoms with Gasteiger partial charge in [-0.1, -0.05) is 23.6 Å². The Kier molecular flexibility index (Phi) is 5.20. The van der Waals surface area contributed by atoms with Gasteiger partial charge in [0.1, 0.15) is 11.9 Å². The second-order valence-electron chi connectivity index (χ2n) is 4.25. The number of rotatable bonds is 3. The van der Waals surface area contributed by atoms with Crippen molar-refractivity contribution in [3.05, 3.63) is 29.6 Å². The van der Waals surface area contributed by atoms with Crippen molar-refractivity contribution in [2.75, 3.05) is 17.7 Å². The largest absolute Gasteiger partial charge is 0.395 e. The summed E-state index contributed by atoms with van der Waals surface area (Å²) >= 11 is 1.05. The topological polar surface area (TPSA) is 78.4 Å². The van der Waals surface area contributed by atoms with Crippen molar-refractivity contribution in [3.63, 3.8) is 0 Å². The molecule has 1 aliphatic heterocycles. The number of halogens is 1. The third-order valence-electron chi connectivity index (χ3n) is 2.68. The Labute approximate surface area is 125 Å². The van der Waals surface area contributed by atoms with E-state index in [1.807, 2.05) is 0 Å². The Morgan fingerprint density at radius 2 is 2.38 bits per heavy atom. The fourth-order valence-corrected chi connectivity index (χ4v) is 2.45. The summed E-state index contributed by atoms with van der Waals surface area (Å²) in [6, 6.07) is 3.47. The van der Waals surface area contributed by atoms with Crippen LogP contribution in [0.3, 0.4) is 0 Å². The van der Waals surface area contributed by atoms with Crippen LogP contribution in [0.1, 0.15) is 12.0 Å². The van der Waals surface area contributed by atoms with Crippen LogP contribution < -0.4 is 10.6 Å². The molecule has 1 aliphatic rings. The fraction of sp³-hybridized carbons (Fsp3) is 0.286. The molecular formula is C14H13FN2O3S. The molecule has 2 amide bonds. The first-order valence-corrected chi connectivity index (χ1v) is 7.22. The maximum atomic E-state index is 13.5. The van der Waals surface area contributed by atoms with Gasteiger partial charge in [-0.25, -0.2) is 4.39 Å². The van der Waals surface area contributed by atoms with Crippen LogP contribution in [-0.4, -0.2) is 34.7 Å². The summed E-state index contributed by atoms with van der Waals surface area (Å²) in [5.74, 6) is 4.73. The van der Waals surface area contributed by atoms with E-state index < -0.39 is 11.9 Å². The van der Waals surface area contributed by atoms with Gasteiger partial charge in [-0.05, 0) is 18.2 Å². The maximum absolute atomic E-state index is 13.5. The van der Waals surface area contributed by atoms with Gasteiger partial charge in [-0.2, -0.15) is 0 Å². The van der Waals surface area contributed by atoms with Crippen molar-refractivity contribution in [1.82, 2.24) is 5.32 Å². The molecule has 1 fully saturated rings. The fourth-order valence-electron chi connectivity index (χ4n) is 1.67. The van der Waals surface area contributed by atoms with E-state index >= 15 is 0 Å². The third kappa shape index (κ3) is 4.21. The molecule has 1 unspecified atom stereocenters. The summed E-state index contributed by atoms with van der Waals surface area (Å²) in [6.45, 7) is -0.0932. The molecule has 5 nitrogen and oxygen atoms in total. The number of hydrogen-bond acceptors (Lipinski definition) is 4. The first kappa shape index (κ1) is 15.4. The molecule has 1 aromatic rings. The van der Waals surface area contributed by atoms with Gasteiger partial charge >= 0.3 is 0 Å². The Bertz CT molecular complexity index is 624. The SMILES string of the molecule is O=C1NC(C(=O)Nc2ccc(F)c(C#CCCO)c2)CS1. The van der Waals surface area contributed by atoms with E-state index in [9.17, 15) is 14.0 Å². The molecule has 1 saturated heterocycles. The molecule has 7 heteroatoms. The Balaban J connectivity index is 2.07. The van der Waals surface area contributed by atoms with Gasteiger partial charge in [-0.3, -0.25) is 9.59 Å². The molecule has 1 heterocycles. The molecule has 2 rings (SSSR count). The third-order valence-corrected chi connectivity index (χ3v) is 3.56. The number of nitrogens with one attached hydrogen (secondary N) is 2. The normalized spacial score (nSPS) is 16.9. The number of hydrogen-bond donors (Lipinski definition) is 3. The van der Waals surface area contributed by atoms with Crippen LogP contribution in [0, 0.1) is 17.7 Å². The molecule has 0 aliphatic carbocycles. The van der Waals surface area contributed by atoms with Crippen molar-refractivity contribution in [3.8, 4) is 11.8 Å². The minimum absolute atomic E-state index is 0.0932.